The molecule has 1 aromatic heterocycles. The molecular weight excluding hydrogens is 266 g/mol. The highest BCUT2D eigenvalue weighted by Crippen LogP contribution is 2.16. The third kappa shape index (κ3) is 3.86. The van der Waals surface area contributed by atoms with E-state index in [-0.39, 0.29) is 6.04 Å². The van der Waals surface area contributed by atoms with Crippen LogP contribution in [0.4, 0.5) is 0 Å². The Balaban J connectivity index is 2.01. The zero-order valence-electron chi connectivity index (χ0n) is 12.2. The number of hydrogen-bond acceptors (Lipinski definition) is 4. The second-order valence-corrected chi connectivity index (χ2v) is 5.00. The van der Waals surface area contributed by atoms with Crippen molar-refractivity contribution in [1.82, 2.24) is 14.9 Å². The number of carboxylic acid groups (broad SMARTS) is 1. The summed E-state index contributed by atoms with van der Waals surface area (Å²) in [6.45, 7) is 2.81. The fraction of sp³-hybridized carbons (Fsp3) is 0.312. The summed E-state index contributed by atoms with van der Waals surface area (Å²) < 4.78 is 0. The van der Waals surface area contributed by atoms with Crippen molar-refractivity contribution >= 4 is 5.97 Å². The van der Waals surface area contributed by atoms with Crippen LogP contribution in [0.2, 0.25) is 0 Å². The van der Waals surface area contributed by atoms with Crippen LogP contribution in [0, 0.1) is 0 Å². The minimum absolute atomic E-state index is 0.135. The Morgan fingerprint density at radius 2 is 2.10 bits per heavy atom. The molecule has 1 unspecified atom stereocenters. The lowest BCUT2D eigenvalue weighted by atomic mass is 10.0. The van der Waals surface area contributed by atoms with E-state index in [1.54, 1.807) is 30.7 Å². The molecule has 0 amide bonds. The zero-order chi connectivity index (χ0) is 15.2. The molecule has 0 aliphatic heterocycles. The first kappa shape index (κ1) is 15.1. The molecule has 0 bridgehead atoms. The van der Waals surface area contributed by atoms with Crippen LogP contribution < -0.4 is 0 Å². The van der Waals surface area contributed by atoms with Gasteiger partial charge in [-0.2, -0.15) is 0 Å². The van der Waals surface area contributed by atoms with Crippen molar-refractivity contribution in [3.05, 3.63) is 59.7 Å². The number of likely N-dealkylation sites (N-methyl/N-ethyl adjacent to an activating group) is 1. The molecule has 1 aromatic carbocycles. The normalized spacial score (nSPS) is 12.3. The van der Waals surface area contributed by atoms with Gasteiger partial charge in [-0.3, -0.25) is 14.9 Å². The Bertz CT molecular complexity index is 601. The third-order valence-electron chi connectivity index (χ3n) is 3.65. The second-order valence-electron chi connectivity index (χ2n) is 5.00. The predicted octanol–water partition coefficient (Wildman–Crippen LogP) is 2.41. The molecular formula is C16H19N3O2. The molecule has 1 heterocycles. The number of carbonyl (C=O) groups is 1. The number of aromatic nitrogens is 2. The van der Waals surface area contributed by atoms with E-state index in [0.717, 1.165) is 17.8 Å². The molecule has 0 spiro atoms. The fourth-order valence-electron chi connectivity index (χ4n) is 2.19. The molecule has 0 aliphatic rings. The first-order valence-corrected chi connectivity index (χ1v) is 6.87. The van der Waals surface area contributed by atoms with E-state index in [1.807, 2.05) is 19.2 Å². The number of rotatable bonds is 6. The van der Waals surface area contributed by atoms with Crippen molar-refractivity contribution in [2.24, 2.45) is 0 Å². The summed E-state index contributed by atoms with van der Waals surface area (Å²) in [6, 6.07) is 7.26. The number of benzene rings is 1. The van der Waals surface area contributed by atoms with Gasteiger partial charge in [-0.1, -0.05) is 18.2 Å². The quantitative estimate of drug-likeness (QED) is 0.883. The van der Waals surface area contributed by atoms with Crippen LogP contribution in [0.1, 0.15) is 34.6 Å². The van der Waals surface area contributed by atoms with Crippen molar-refractivity contribution < 1.29 is 9.90 Å². The van der Waals surface area contributed by atoms with E-state index in [4.69, 9.17) is 0 Å². The molecule has 1 N–H and O–H groups in total. The van der Waals surface area contributed by atoms with Crippen molar-refractivity contribution in [3.63, 3.8) is 0 Å². The van der Waals surface area contributed by atoms with Gasteiger partial charge >= 0.3 is 5.97 Å². The molecule has 0 saturated carbocycles. The van der Waals surface area contributed by atoms with E-state index < -0.39 is 5.97 Å². The summed E-state index contributed by atoms with van der Waals surface area (Å²) in [5.41, 5.74) is 2.13. The van der Waals surface area contributed by atoms with E-state index >= 15 is 0 Å². The van der Waals surface area contributed by atoms with Crippen molar-refractivity contribution in [3.8, 4) is 0 Å². The van der Waals surface area contributed by atoms with Gasteiger partial charge in [0, 0.05) is 25.1 Å². The van der Waals surface area contributed by atoms with Gasteiger partial charge in [-0.15, -0.1) is 0 Å². The molecule has 1 atom stereocenters. The van der Waals surface area contributed by atoms with Crippen LogP contribution in [0.5, 0.6) is 0 Å². The largest absolute Gasteiger partial charge is 0.478 e. The van der Waals surface area contributed by atoms with Crippen LogP contribution >= 0.6 is 0 Å². The topological polar surface area (TPSA) is 66.3 Å². The lowest BCUT2D eigenvalue weighted by molar-refractivity contribution is 0.0695. The minimum atomic E-state index is -0.879. The molecule has 21 heavy (non-hydrogen) atoms. The van der Waals surface area contributed by atoms with Crippen LogP contribution in [0.25, 0.3) is 0 Å². The lowest BCUT2D eigenvalue weighted by Crippen LogP contribution is -2.26. The van der Waals surface area contributed by atoms with Crippen LogP contribution in [-0.4, -0.2) is 39.5 Å². The maximum Gasteiger partial charge on any atom is 0.335 e. The molecule has 0 aliphatic carbocycles. The number of nitrogens with zero attached hydrogens (tertiary/aromatic N) is 3. The van der Waals surface area contributed by atoms with Gasteiger partial charge in [0.2, 0.25) is 0 Å². The maximum atomic E-state index is 11.2. The predicted molar refractivity (Wildman–Crippen MR) is 80.2 cm³/mol. The van der Waals surface area contributed by atoms with Crippen LogP contribution in [0.3, 0.4) is 0 Å². The highest BCUT2D eigenvalue weighted by Gasteiger charge is 2.14. The van der Waals surface area contributed by atoms with Gasteiger partial charge in [-0.05, 0) is 32.0 Å². The summed E-state index contributed by atoms with van der Waals surface area (Å²) in [5, 5.41) is 9.19. The van der Waals surface area contributed by atoms with Gasteiger partial charge in [0.15, 0.2) is 0 Å². The van der Waals surface area contributed by atoms with Crippen molar-refractivity contribution in [1.29, 1.82) is 0 Å². The number of carboxylic acids is 1. The number of aromatic carboxylic acids is 1. The van der Waals surface area contributed by atoms with E-state index in [9.17, 15) is 9.90 Å². The summed E-state index contributed by atoms with van der Waals surface area (Å²) in [6.07, 6.45) is 5.77. The third-order valence-corrected chi connectivity index (χ3v) is 3.65. The first-order chi connectivity index (χ1) is 10.1. The Labute approximate surface area is 124 Å². The van der Waals surface area contributed by atoms with E-state index in [2.05, 4.69) is 21.8 Å². The molecule has 5 nitrogen and oxygen atoms in total. The summed E-state index contributed by atoms with van der Waals surface area (Å²) in [7, 11) is 2.00. The average molecular weight is 285 g/mol. The zero-order valence-corrected chi connectivity index (χ0v) is 12.2. The molecule has 0 radical (unpaired) electrons. The van der Waals surface area contributed by atoms with Gasteiger partial charge in [-0.25, -0.2) is 4.79 Å². The first-order valence-electron chi connectivity index (χ1n) is 6.87. The van der Waals surface area contributed by atoms with Crippen molar-refractivity contribution in [2.45, 2.75) is 19.4 Å². The highest BCUT2D eigenvalue weighted by atomic mass is 16.4. The van der Waals surface area contributed by atoms with E-state index in [0.29, 0.717) is 12.0 Å². The van der Waals surface area contributed by atoms with Crippen LogP contribution in [0.15, 0.2) is 42.9 Å². The fourth-order valence-corrected chi connectivity index (χ4v) is 2.19. The monoisotopic (exact) mass is 285 g/mol. The average Bonchev–Trinajstić information content (AvgIpc) is 2.52. The summed E-state index contributed by atoms with van der Waals surface area (Å²) >= 11 is 0. The summed E-state index contributed by atoms with van der Waals surface area (Å²) in [4.78, 5) is 21.7. The maximum absolute atomic E-state index is 11.2. The van der Waals surface area contributed by atoms with Gasteiger partial charge in [0.05, 0.1) is 17.3 Å². The Kier molecular flexibility index (Phi) is 5.00. The standard InChI is InChI=1S/C16H19N3O2/c1-12(15-11-17-8-9-18-15)19(2)10-7-13-5-3-4-6-14(13)16(20)21/h3-6,8-9,11-12H,7,10H2,1-2H3,(H,20,21). The number of hydrogen-bond donors (Lipinski definition) is 1. The Hall–Kier alpha value is -2.27. The van der Waals surface area contributed by atoms with Crippen LogP contribution in [-0.2, 0) is 6.42 Å². The Morgan fingerprint density at radius 3 is 2.76 bits per heavy atom. The molecule has 0 saturated heterocycles. The lowest BCUT2D eigenvalue weighted by Gasteiger charge is -2.24. The molecule has 110 valence electrons. The minimum Gasteiger partial charge on any atom is -0.478 e. The SMILES string of the molecule is CC(c1cnccn1)N(C)CCc1ccccc1C(=O)O. The molecule has 5 heteroatoms. The molecule has 0 fully saturated rings. The molecule has 2 aromatic rings. The smallest absolute Gasteiger partial charge is 0.335 e. The second kappa shape index (κ2) is 6.95. The highest BCUT2D eigenvalue weighted by molar-refractivity contribution is 5.89. The Morgan fingerprint density at radius 1 is 1.33 bits per heavy atom. The van der Waals surface area contributed by atoms with E-state index in [1.165, 1.54) is 0 Å². The van der Waals surface area contributed by atoms with Gasteiger partial charge < -0.3 is 5.11 Å². The van der Waals surface area contributed by atoms with Gasteiger partial charge in [0.25, 0.3) is 0 Å². The van der Waals surface area contributed by atoms with Crippen molar-refractivity contribution in [2.75, 3.05) is 13.6 Å². The summed E-state index contributed by atoms with van der Waals surface area (Å²) in [5.74, 6) is -0.879. The molecule has 2 rings (SSSR count). The van der Waals surface area contributed by atoms with Gasteiger partial charge in [0.1, 0.15) is 0 Å².